The molecule has 0 aromatic heterocycles. The third-order valence-corrected chi connectivity index (χ3v) is 13.6. The summed E-state index contributed by atoms with van der Waals surface area (Å²) in [6, 6.07) is 45.4. The molecule has 0 amide bonds. The Kier molecular flexibility index (Phi) is 8.30. The van der Waals surface area contributed by atoms with Crippen molar-refractivity contribution in [1.29, 1.82) is 0 Å². The maximum atomic E-state index is 2.62. The van der Waals surface area contributed by atoms with Gasteiger partial charge >= 0.3 is 0 Å². The zero-order valence-electron chi connectivity index (χ0n) is 37.4. The van der Waals surface area contributed by atoms with Crippen LogP contribution >= 0.6 is 0 Å². The first kappa shape index (κ1) is 38.5. The Balaban J connectivity index is 1.47. The van der Waals surface area contributed by atoms with Crippen LogP contribution in [0, 0.1) is 6.92 Å². The minimum atomic E-state index is -0.419. The highest BCUT2D eigenvalue weighted by atomic mass is 15.2. The van der Waals surface area contributed by atoms with Crippen molar-refractivity contribution < 1.29 is 0 Å². The van der Waals surface area contributed by atoms with Gasteiger partial charge in [0.05, 0.1) is 0 Å². The van der Waals surface area contributed by atoms with Gasteiger partial charge in [0.15, 0.2) is 0 Å². The number of hydrogen-bond donors (Lipinski definition) is 0. The summed E-state index contributed by atoms with van der Waals surface area (Å²) in [4.78, 5) is 5.24. The molecular weight excluding hydrogens is 699 g/mol. The standard InChI is InChI=1S/C55H61BN2/c1-34-28-44-50-45(29-34)58(41-26-22-36(23-27-41)52(5,6)7)47-33-39(54(11,12)13)31-43-49(47)56(50)48-42(55(43,14)37-18-16-15-17-19-37)30-38(53(8,9)10)32-46(48)57(44)40-24-20-35(21-25-40)51(2,3)4/h15-33H,1-14H3. The second-order valence-corrected chi connectivity index (χ2v) is 21.8. The first-order valence-electron chi connectivity index (χ1n) is 21.5. The van der Waals surface area contributed by atoms with Crippen LogP contribution in [0.2, 0.25) is 0 Å². The molecule has 9 rings (SSSR count). The Labute approximate surface area is 349 Å². The molecule has 0 radical (unpaired) electrons. The minimum Gasteiger partial charge on any atom is -0.311 e. The number of hydrogen-bond acceptors (Lipinski definition) is 2. The second kappa shape index (κ2) is 12.5. The third-order valence-electron chi connectivity index (χ3n) is 13.6. The van der Waals surface area contributed by atoms with Gasteiger partial charge in [-0.05, 0) is 145 Å². The molecule has 294 valence electrons. The molecular formula is C55H61BN2. The average Bonchev–Trinajstić information content (AvgIpc) is 3.15. The molecule has 6 aromatic rings. The van der Waals surface area contributed by atoms with E-state index in [9.17, 15) is 0 Å². The van der Waals surface area contributed by atoms with Crippen LogP contribution in [-0.2, 0) is 27.1 Å². The molecule has 0 saturated carbocycles. The van der Waals surface area contributed by atoms with Crippen molar-refractivity contribution in [3.8, 4) is 0 Å². The summed E-state index contributed by atoms with van der Waals surface area (Å²) in [5.74, 6) is 0. The molecule has 6 aromatic carbocycles. The van der Waals surface area contributed by atoms with Gasteiger partial charge in [-0.1, -0.05) is 150 Å². The smallest absolute Gasteiger partial charge is 0.252 e. The Morgan fingerprint density at radius 3 is 1.14 bits per heavy atom. The SMILES string of the molecule is Cc1cc2c3c(c1)N(c1ccc(C(C)(C)C)cc1)c1cc(C(C)(C)C)cc4c1B3c1c(cc(C(C)(C)C)cc1C4(C)c1ccccc1)N2c1ccc(C(C)(C)C)cc1. The van der Waals surface area contributed by atoms with E-state index in [2.05, 4.69) is 222 Å². The van der Waals surface area contributed by atoms with Crippen LogP contribution in [0.3, 0.4) is 0 Å². The molecule has 58 heavy (non-hydrogen) atoms. The van der Waals surface area contributed by atoms with Crippen molar-refractivity contribution in [3.63, 3.8) is 0 Å². The quantitative estimate of drug-likeness (QED) is 0.166. The fraction of sp³-hybridized carbons (Fsp3) is 0.345. The van der Waals surface area contributed by atoms with Gasteiger partial charge in [-0.2, -0.15) is 0 Å². The Hall–Kier alpha value is -5.02. The van der Waals surface area contributed by atoms with Gasteiger partial charge in [0, 0.05) is 39.5 Å². The molecule has 0 bridgehead atoms. The number of nitrogens with zero attached hydrogens (tertiary/aromatic N) is 2. The molecule has 3 heterocycles. The van der Waals surface area contributed by atoms with Crippen LogP contribution in [0.4, 0.5) is 34.1 Å². The Morgan fingerprint density at radius 1 is 0.414 bits per heavy atom. The lowest BCUT2D eigenvalue weighted by atomic mass is 9.28. The van der Waals surface area contributed by atoms with Gasteiger partial charge in [-0.15, -0.1) is 0 Å². The highest BCUT2D eigenvalue weighted by Gasteiger charge is 2.54. The van der Waals surface area contributed by atoms with Crippen molar-refractivity contribution in [3.05, 3.63) is 160 Å². The van der Waals surface area contributed by atoms with E-state index < -0.39 is 5.41 Å². The zero-order valence-corrected chi connectivity index (χ0v) is 37.4. The number of anilines is 6. The van der Waals surface area contributed by atoms with E-state index in [-0.39, 0.29) is 28.4 Å². The normalized spacial score (nSPS) is 15.4. The van der Waals surface area contributed by atoms with E-state index in [1.54, 1.807) is 0 Å². The zero-order chi connectivity index (χ0) is 41.5. The van der Waals surface area contributed by atoms with E-state index >= 15 is 0 Å². The van der Waals surface area contributed by atoms with Crippen LogP contribution in [0.15, 0.2) is 115 Å². The fourth-order valence-corrected chi connectivity index (χ4v) is 10.1. The molecule has 0 atom stereocenters. The predicted octanol–water partition coefficient (Wildman–Crippen LogP) is 12.9. The summed E-state index contributed by atoms with van der Waals surface area (Å²) < 4.78 is 0. The van der Waals surface area contributed by atoms with Gasteiger partial charge in [0.25, 0.3) is 6.71 Å². The lowest BCUT2D eigenvalue weighted by Crippen LogP contribution is -2.67. The predicted molar refractivity (Wildman–Crippen MR) is 252 cm³/mol. The fourth-order valence-electron chi connectivity index (χ4n) is 10.1. The summed E-state index contributed by atoms with van der Waals surface area (Å²) in [5, 5.41) is 0. The number of aryl methyl sites for hydroxylation is 1. The number of rotatable bonds is 3. The monoisotopic (exact) mass is 760 g/mol. The summed E-state index contributed by atoms with van der Waals surface area (Å²) in [6.45, 7) is 33.0. The van der Waals surface area contributed by atoms with Crippen molar-refractivity contribution in [1.82, 2.24) is 0 Å². The van der Waals surface area contributed by atoms with Crippen LogP contribution in [0.25, 0.3) is 0 Å². The first-order chi connectivity index (χ1) is 27.1. The molecule has 3 heteroatoms. The maximum absolute atomic E-state index is 2.62. The Morgan fingerprint density at radius 2 is 0.776 bits per heavy atom. The lowest BCUT2D eigenvalue weighted by molar-refractivity contribution is 0.582. The average molecular weight is 761 g/mol. The maximum Gasteiger partial charge on any atom is 0.252 e. The van der Waals surface area contributed by atoms with E-state index in [1.165, 1.54) is 95.0 Å². The molecule has 2 nitrogen and oxygen atoms in total. The van der Waals surface area contributed by atoms with Crippen LogP contribution < -0.4 is 26.2 Å². The Bertz CT molecular complexity index is 2450. The molecule has 0 aliphatic carbocycles. The highest BCUT2D eigenvalue weighted by molar-refractivity contribution is 7.01. The highest BCUT2D eigenvalue weighted by Crippen LogP contribution is 2.53. The van der Waals surface area contributed by atoms with Crippen molar-refractivity contribution in [2.75, 3.05) is 9.80 Å². The topological polar surface area (TPSA) is 6.48 Å². The van der Waals surface area contributed by atoms with Gasteiger partial charge in [-0.3, -0.25) is 0 Å². The molecule has 0 N–H and O–H groups in total. The van der Waals surface area contributed by atoms with E-state index in [1.807, 2.05) is 0 Å². The molecule has 0 saturated heterocycles. The number of benzene rings is 6. The summed E-state index contributed by atoms with van der Waals surface area (Å²) >= 11 is 0. The summed E-state index contributed by atoms with van der Waals surface area (Å²) in [6.07, 6.45) is 0. The molecule has 0 fully saturated rings. The molecule has 3 aliphatic rings. The lowest BCUT2D eigenvalue weighted by Gasteiger charge is -2.52. The molecule has 0 unspecified atom stereocenters. The van der Waals surface area contributed by atoms with Gasteiger partial charge in [0.1, 0.15) is 0 Å². The van der Waals surface area contributed by atoms with Crippen LogP contribution in [0.5, 0.6) is 0 Å². The van der Waals surface area contributed by atoms with E-state index in [0.29, 0.717) is 0 Å². The van der Waals surface area contributed by atoms with E-state index in [0.717, 1.165) is 0 Å². The second-order valence-electron chi connectivity index (χ2n) is 21.8. The first-order valence-corrected chi connectivity index (χ1v) is 21.5. The van der Waals surface area contributed by atoms with Crippen molar-refractivity contribution in [2.24, 2.45) is 0 Å². The van der Waals surface area contributed by atoms with Gasteiger partial charge < -0.3 is 9.80 Å². The summed E-state index contributed by atoms with van der Waals surface area (Å²) in [7, 11) is 0. The summed E-state index contributed by atoms with van der Waals surface area (Å²) in [5.41, 5.74) is 22.3. The minimum absolute atomic E-state index is 0.0614. The third kappa shape index (κ3) is 5.74. The van der Waals surface area contributed by atoms with Gasteiger partial charge in [-0.25, -0.2) is 0 Å². The van der Waals surface area contributed by atoms with E-state index in [4.69, 9.17) is 0 Å². The molecule has 0 spiro atoms. The molecule has 3 aliphatic heterocycles. The van der Waals surface area contributed by atoms with Crippen LogP contribution in [-0.4, -0.2) is 6.71 Å². The van der Waals surface area contributed by atoms with Gasteiger partial charge in [0.2, 0.25) is 0 Å². The van der Waals surface area contributed by atoms with Crippen molar-refractivity contribution in [2.45, 2.75) is 124 Å². The van der Waals surface area contributed by atoms with Crippen LogP contribution in [0.1, 0.15) is 135 Å². The largest absolute Gasteiger partial charge is 0.311 e. The van der Waals surface area contributed by atoms with Crippen molar-refractivity contribution >= 4 is 57.2 Å².